The summed E-state index contributed by atoms with van der Waals surface area (Å²) in [4.78, 5) is 0. The molecule has 0 fully saturated rings. The minimum Gasteiger partial charge on any atom is -0.497 e. The van der Waals surface area contributed by atoms with Crippen molar-refractivity contribution in [2.45, 2.75) is 25.3 Å². The van der Waals surface area contributed by atoms with Crippen LogP contribution >= 0.6 is 0 Å². The van der Waals surface area contributed by atoms with Crippen LogP contribution in [0.1, 0.15) is 18.4 Å². The van der Waals surface area contributed by atoms with Crippen molar-refractivity contribution in [2.75, 3.05) is 26.2 Å². The second-order valence-corrected chi connectivity index (χ2v) is 7.07. The number of hydrogen-bond acceptors (Lipinski definition) is 4. The summed E-state index contributed by atoms with van der Waals surface area (Å²) >= 11 is 0. The molecular formula is C14H23NO3S. The second kappa shape index (κ2) is 7.50. The van der Waals surface area contributed by atoms with Gasteiger partial charge in [-0.3, -0.25) is 0 Å². The van der Waals surface area contributed by atoms with Crippen LogP contribution in [0.2, 0.25) is 0 Å². The summed E-state index contributed by atoms with van der Waals surface area (Å²) in [6.07, 6.45) is 3.69. The van der Waals surface area contributed by atoms with Gasteiger partial charge in [0.15, 0.2) is 0 Å². The summed E-state index contributed by atoms with van der Waals surface area (Å²) in [5.41, 5.74) is 1.19. The Kier molecular flexibility index (Phi) is 6.31. The number of likely N-dealkylation sites (N-methyl/N-ethyl adjacent to an activating group) is 1. The van der Waals surface area contributed by atoms with E-state index < -0.39 is 9.84 Å². The predicted molar refractivity (Wildman–Crippen MR) is 78.5 cm³/mol. The Bertz CT molecular complexity index is 485. The quantitative estimate of drug-likeness (QED) is 0.789. The highest BCUT2D eigenvalue weighted by molar-refractivity contribution is 7.90. The van der Waals surface area contributed by atoms with Crippen molar-refractivity contribution in [3.05, 3.63) is 29.8 Å². The zero-order chi connectivity index (χ0) is 14.3. The van der Waals surface area contributed by atoms with Gasteiger partial charge in [-0.25, -0.2) is 8.42 Å². The van der Waals surface area contributed by atoms with Crippen LogP contribution in [0.3, 0.4) is 0 Å². The van der Waals surface area contributed by atoms with Crippen LogP contribution in [0.4, 0.5) is 0 Å². The highest BCUT2D eigenvalue weighted by Crippen LogP contribution is 2.15. The number of rotatable bonds is 8. The average molecular weight is 285 g/mol. The molecule has 0 spiro atoms. The maximum atomic E-state index is 11.1. The highest BCUT2D eigenvalue weighted by Gasteiger charge is 2.10. The van der Waals surface area contributed by atoms with Crippen LogP contribution in [0, 0.1) is 0 Å². The molecule has 0 aliphatic carbocycles. The summed E-state index contributed by atoms with van der Waals surface area (Å²) in [6.45, 7) is 0. The standard InChI is InChI=1S/C14H23NO3S/c1-15-13(7-5-9-19(3,16)17)10-12-6-4-8-14(11-12)18-2/h4,6,8,11,13,15H,5,7,9-10H2,1-3H3. The molecule has 0 heterocycles. The molecule has 1 N–H and O–H groups in total. The van der Waals surface area contributed by atoms with E-state index in [0.29, 0.717) is 6.42 Å². The Morgan fingerprint density at radius 3 is 2.68 bits per heavy atom. The number of ether oxygens (including phenoxy) is 1. The maximum absolute atomic E-state index is 11.1. The van der Waals surface area contributed by atoms with Gasteiger partial charge in [-0.15, -0.1) is 0 Å². The summed E-state index contributed by atoms with van der Waals surface area (Å²) < 4.78 is 27.4. The van der Waals surface area contributed by atoms with E-state index in [1.807, 2.05) is 25.2 Å². The van der Waals surface area contributed by atoms with Gasteiger partial charge < -0.3 is 10.1 Å². The first kappa shape index (κ1) is 16.0. The van der Waals surface area contributed by atoms with E-state index in [-0.39, 0.29) is 11.8 Å². The number of methoxy groups -OCH3 is 1. The predicted octanol–water partition coefficient (Wildman–Crippen LogP) is 1.65. The van der Waals surface area contributed by atoms with E-state index in [1.165, 1.54) is 11.8 Å². The Labute approximate surface area is 116 Å². The fraction of sp³-hybridized carbons (Fsp3) is 0.571. The van der Waals surface area contributed by atoms with Gasteiger partial charge in [-0.2, -0.15) is 0 Å². The highest BCUT2D eigenvalue weighted by atomic mass is 32.2. The molecule has 0 aromatic heterocycles. The molecule has 0 saturated heterocycles. The molecule has 0 radical (unpaired) electrons. The van der Waals surface area contributed by atoms with E-state index in [9.17, 15) is 8.42 Å². The summed E-state index contributed by atoms with van der Waals surface area (Å²) in [6, 6.07) is 8.25. The minimum absolute atomic E-state index is 0.253. The number of nitrogens with one attached hydrogen (secondary N) is 1. The van der Waals surface area contributed by atoms with Crippen molar-refractivity contribution in [3.8, 4) is 5.75 Å². The van der Waals surface area contributed by atoms with E-state index in [1.54, 1.807) is 7.11 Å². The lowest BCUT2D eigenvalue weighted by molar-refractivity contribution is 0.413. The molecule has 1 aromatic carbocycles. The van der Waals surface area contributed by atoms with Crippen LogP contribution in [0.15, 0.2) is 24.3 Å². The molecule has 1 rings (SSSR count). The van der Waals surface area contributed by atoms with Gasteiger partial charge in [0.25, 0.3) is 0 Å². The fourth-order valence-corrected chi connectivity index (χ4v) is 2.72. The first-order chi connectivity index (χ1) is 8.94. The Hall–Kier alpha value is -1.07. The first-order valence-electron chi connectivity index (χ1n) is 6.42. The molecule has 1 atom stereocenters. The SMILES string of the molecule is CNC(CCCS(C)(=O)=O)Cc1cccc(OC)c1. The molecule has 1 unspecified atom stereocenters. The molecule has 0 amide bonds. The molecule has 4 nitrogen and oxygen atoms in total. The van der Waals surface area contributed by atoms with Gasteiger partial charge in [0, 0.05) is 18.1 Å². The lowest BCUT2D eigenvalue weighted by Crippen LogP contribution is -2.28. The number of sulfone groups is 1. The fourth-order valence-electron chi connectivity index (χ4n) is 2.02. The van der Waals surface area contributed by atoms with E-state index in [2.05, 4.69) is 11.4 Å². The van der Waals surface area contributed by atoms with Crippen molar-refractivity contribution in [1.29, 1.82) is 0 Å². The number of benzene rings is 1. The topological polar surface area (TPSA) is 55.4 Å². The van der Waals surface area contributed by atoms with E-state index in [4.69, 9.17) is 4.74 Å². The van der Waals surface area contributed by atoms with Crippen molar-refractivity contribution in [3.63, 3.8) is 0 Å². The van der Waals surface area contributed by atoms with Crippen molar-refractivity contribution in [1.82, 2.24) is 5.32 Å². The van der Waals surface area contributed by atoms with Crippen LogP contribution < -0.4 is 10.1 Å². The monoisotopic (exact) mass is 285 g/mol. The van der Waals surface area contributed by atoms with Crippen LogP contribution in [-0.4, -0.2) is 40.6 Å². The molecule has 0 bridgehead atoms. The molecule has 108 valence electrons. The van der Waals surface area contributed by atoms with Crippen LogP contribution in [-0.2, 0) is 16.3 Å². The summed E-state index contributed by atoms with van der Waals surface area (Å²) in [5, 5.41) is 3.24. The molecule has 5 heteroatoms. The average Bonchev–Trinajstić information content (AvgIpc) is 2.36. The van der Waals surface area contributed by atoms with Crippen LogP contribution in [0.25, 0.3) is 0 Å². The first-order valence-corrected chi connectivity index (χ1v) is 8.48. The summed E-state index contributed by atoms with van der Waals surface area (Å²) in [7, 11) is 0.702. The zero-order valence-electron chi connectivity index (χ0n) is 11.8. The maximum Gasteiger partial charge on any atom is 0.147 e. The van der Waals surface area contributed by atoms with Crippen LogP contribution in [0.5, 0.6) is 5.75 Å². The lowest BCUT2D eigenvalue weighted by atomic mass is 10.0. The Balaban J connectivity index is 2.51. The third kappa shape index (κ3) is 6.59. The molecule has 1 aromatic rings. The Morgan fingerprint density at radius 2 is 2.11 bits per heavy atom. The summed E-state index contributed by atoms with van der Waals surface area (Å²) in [5.74, 6) is 1.10. The number of hydrogen-bond donors (Lipinski definition) is 1. The van der Waals surface area contributed by atoms with E-state index in [0.717, 1.165) is 18.6 Å². The van der Waals surface area contributed by atoms with Gasteiger partial charge in [0.05, 0.1) is 7.11 Å². The van der Waals surface area contributed by atoms with Gasteiger partial charge in [0.1, 0.15) is 15.6 Å². The third-order valence-corrected chi connectivity index (χ3v) is 4.12. The second-order valence-electron chi connectivity index (χ2n) is 4.81. The van der Waals surface area contributed by atoms with Crippen molar-refractivity contribution in [2.24, 2.45) is 0 Å². The largest absolute Gasteiger partial charge is 0.497 e. The molecule has 0 aliphatic heterocycles. The lowest BCUT2D eigenvalue weighted by Gasteiger charge is -2.16. The van der Waals surface area contributed by atoms with E-state index >= 15 is 0 Å². The minimum atomic E-state index is -2.86. The molecule has 0 aliphatic rings. The van der Waals surface area contributed by atoms with Gasteiger partial charge in [-0.1, -0.05) is 12.1 Å². The Morgan fingerprint density at radius 1 is 1.37 bits per heavy atom. The van der Waals surface area contributed by atoms with Gasteiger partial charge in [0.2, 0.25) is 0 Å². The van der Waals surface area contributed by atoms with Crippen molar-refractivity contribution < 1.29 is 13.2 Å². The third-order valence-electron chi connectivity index (χ3n) is 3.09. The van der Waals surface area contributed by atoms with Crippen molar-refractivity contribution >= 4 is 9.84 Å². The van der Waals surface area contributed by atoms with Gasteiger partial charge in [-0.05, 0) is 44.0 Å². The normalized spacial score (nSPS) is 13.2. The molecule has 0 saturated carbocycles. The van der Waals surface area contributed by atoms with Gasteiger partial charge >= 0.3 is 0 Å². The smallest absolute Gasteiger partial charge is 0.147 e. The zero-order valence-corrected chi connectivity index (χ0v) is 12.7. The molecule has 19 heavy (non-hydrogen) atoms. The molecular weight excluding hydrogens is 262 g/mol.